The van der Waals surface area contributed by atoms with Crippen LogP contribution in [0.2, 0.25) is 0 Å². The summed E-state index contributed by atoms with van der Waals surface area (Å²) in [7, 11) is 0. The van der Waals surface area contributed by atoms with Crippen molar-refractivity contribution in [2.24, 2.45) is 0 Å². The highest BCUT2D eigenvalue weighted by Gasteiger charge is 2.37. The number of rotatable bonds is 3. The molecule has 0 saturated carbocycles. The molecule has 1 aromatic rings. The number of benzene rings is 1. The van der Waals surface area contributed by atoms with Crippen LogP contribution in [0.15, 0.2) is 24.3 Å². The Morgan fingerprint density at radius 3 is 1.88 bits per heavy atom. The Labute approximate surface area is 155 Å². The van der Waals surface area contributed by atoms with Crippen molar-refractivity contribution in [3.8, 4) is 11.5 Å². The molecular weight excluding hydrogens is 330 g/mol. The molecule has 5 heteroatoms. The molecule has 0 radical (unpaired) electrons. The number of imide groups is 1. The summed E-state index contributed by atoms with van der Waals surface area (Å²) in [4.78, 5) is 25.6. The number of amides is 2. The molecule has 0 unspecified atom stereocenters. The molecule has 0 saturated heterocycles. The van der Waals surface area contributed by atoms with Crippen molar-refractivity contribution in [1.82, 2.24) is 4.90 Å². The van der Waals surface area contributed by atoms with Gasteiger partial charge in [0.05, 0.1) is 6.04 Å². The number of ether oxygens (including phenoxy) is 2. The van der Waals surface area contributed by atoms with E-state index in [1.807, 2.05) is 53.7 Å². The molecule has 140 valence electrons. The van der Waals surface area contributed by atoms with Gasteiger partial charge in [0.25, 0.3) is 11.8 Å². The zero-order valence-corrected chi connectivity index (χ0v) is 16.4. The first kappa shape index (κ1) is 18.5. The summed E-state index contributed by atoms with van der Waals surface area (Å²) in [6.07, 6.45) is 4.20. The van der Waals surface area contributed by atoms with Gasteiger partial charge in [-0.1, -0.05) is 0 Å². The van der Waals surface area contributed by atoms with Crippen molar-refractivity contribution < 1.29 is 19.1 Å². The summed E-state index contributed by atoms with van der Waals surface area (Å²) in [5.74, 6) is 0.844. The average molecular weight is 357 g/mol. The second-order valence-electron chi connectivity index (χ2n) is 8.86. The van der Waals surface area contributed by atoms with E-state index in [2.05, 4.69) is 0 Å². The van der Waals surface area contributed by atoms with Crippen molar-refractivity contribution in [2.45, 2.75) is 71.6 Å². The van der Waals surface area contributed by atoms with Crippen molar-refractivity contribution in [2.75, 3.05) is 0 Å². The fraction of sp³-hybridized carbons (Fsp3) is 0.524. The Morgan fingerprint density at radius 2 is 1.38 bits per heavy atom. The fourth-order valence-electron chi connectivity index (χ4n) is 3.40. The van der Waals surface area contributed by atoms with Gasteiger partial charge in [0, 0.05) is 12.2 Å². The quantitative estimate of drug-likeness (QED) is 0.769. The van der Waals surface area contributed by atoms with Gasteiger partial charge in [-0.15, -0.1) is 0 Å². The molecule has 0 bridgehead atoms. The number of aryl methyl sites for hydroxylation is 1. The molecule has 1 aliphatic heterocycles. The molecule has 2 aliphatic rings. The van der Waals surface area contributed by atoms with Gasteiger partial charge < -0.3 is 9.47 Å². The second-order valence-corrected chi connectivity index (χ2v) is 8.86. The Bertz CT molecular complexity index is 762. The lowest BCUT2D eigenvalue weighted by Crippen LogP contribution is -2.33. The molecule has 1 atom stereocenters. The Balaban J connectivity index is 2.02. The maximum absolute atomic E-state index is 12.1. The predicted molar refractivity (Wildman–Crippen MR) is 99.3 cm³/mol. The van der Waals surface area contributed by atoms with Gasteiger partial charge in [-0.2, -0.15) is 0 Å². The lowest BCUT2D eigenvalue weighted by atomic mass is 10.0. The van der Waals surface area contributed by atoms with Gasteiger partial charge in [-0.25, -0.2) is 0 Å². The molecule has 0 spiro atoms. The fourth-order valence-corrected chi connectivity index (χ4v) is 3.40. The third-order valence-corrected chi connectivity index (χ3v) is 4.24. The molecule has 2 amide bonds. The molecule has 1 heterocycles. The number of hydrogen-bond donors (Lipinski definition) is 0. The minimum Gasteiger partial charge on any atom is -0.484 e. The van der Waals surface area contributed by atoms with E-state index in [-0.39, 0.29) is 29.1 Å². The summed E-state index contributed by atoms with van der Waals surface area (Å²) in [6, 6.07) is 3.70. The first-order valence-electron chi connectivity index (χ1n) is 9.05. The molecule has 0 N–H and O–H groups in total. The lowest BCUT2D eigenvalue weighted by molar-refractivity contribution is -0.139. The van der Waals surface area contributed by atoms with Gasteiger partial charge in [-0.3, -0.25) is 14.5 Å². The molecule has 26 heavy (non-hydrogen) atoms. The van der Waals surface area contributed by atoms with Crippen LogP contribution >= 0.6 is 0 Å². The van der Waals surface area contributed by atoms with Gasteiger partial charge in [-0.05, 0) is 77.6 Å². The van der Waals surface area contributed by atoms with Crippen LogP contribution in [0.1, 0.15) is 65.1 Å². The highest BCUT2D eigenvalue weighted by atomic mass is 16.5. The first-order valence-corrected chi connectivity index (χ1v) is 9.05. The van der Waals surface area contributed by atoms with E-state index in [1.165, 1.54) is 17.1 Å². The van der Waals surface area contributed by atoms with Crippen LogP contribution in [0.25, 0.3) is 0 Å². The van der Waals surface area contributed by atoms with E-state index in [0.717, 1.165) is 24.0 Å². The van der Waals surface area contributed by atoms with Gasteiger partial charge in [0.1, 0.15) is 11.2 Å². The van der Waals surface area contributed by atoms with E-state index in [4.69, 9.17) is 9.47 Å². The largest absolute Gasteiger partial charge is 0.484 e. The number of carbonyl (C=O) groups is 2. The minimum atomic E-state index is -0.390. The SMILES string of the molecule is CC(C)(C)Oc1cc2c(cc1OC(C)(C)C)[C@@H](N1C(=O)C=CC1=O)CC2. The molecule has 0 fully saturated rings. The molecule has 1 aliphatic carbocycles. The zero-order chi connectivity index (χ0) is 19.3. The van der Waals surface area contributed by atoms with Crippen LogP contribution in [-0.2, 0) is 16.0 Å². The Kier molecular flexibility index (Phi) is 4.37. The predicted octanol–water partition coefficient (Wildman–Crippen LogP) is 3.95. The highest BCUT2D eigenvalue weighted by molar-refractivity contribution is 6.13. The van der Waals surface area contributed by atoms with E-state index < -0.39 is 0 Å². The third kappa shape index (κ3) is 3.76. The van der Waals surface area contributed by atoms with Crippen LogP contribution in [-0.4, -0.2) is 27.9 Å². The van der Waals surface area contributed by atoms with Crippen LogP contribution in [0.3, 0.4) is 0 Å². The summed E-state index contributed by atoms with van der Waals surface area (Å²) < 4.78 is 12.3. The van der Waals surface area contributed by atoms with Crippen LogP contribution < -0.4 is 9.47 Å². The first-order chi connectivity index (χ1) is 11.9. The standard InChI is InChI=1S/C21H27NO4/c1-20(2,3)25-16-11-13-7-8-15(22-18(23)9-10-19(22)24)14(13)12-17(16)26-21(4,5)6/h9-12,15H,7-8H2,1-6H3/t15-/m0/s1. The van der Waals surface area contributed by atoms with Crippen molar-refractivity contribution >= 4 is 11.8 Å². The van der Waals surface area contributed by atoms with Gasteiger partial charge in [0.2, 0.25) is 0 Å². The van der Waals surface area contributed by atoms with E-state index >= 15 is 0 Å². The smallest absolute Gasteiger partial charge is 0.254 e. The lowest BCUT2D eigenvalue weighted by Gasteiger charge is -2.29. The van der Waals surface area contributed by atoms with E-state index in [1.54, 1.807) is 0 Å². The van der Waals surface area contributed by atoms with Crippen molar-refractivity contribution in [3.63, 3.8) is 0 Å². The molecular formula is C21H27NO4. The summed E-state index contributed by atoms with van der Waals surface area (Å²) in [5.41, 5.74) is 1.32. The van der Waals surface area contributed by atoms with Gasteiger partial charge >= 0.3 is 0 Å². The maximum Gasteiger partial charge on any atom is 0.254 e. The molecule has 1 aromatic carbocycles. The second kappa shape index (κ2) is 6.15. The monoisotopic (exact) mass is 357 g/mol. The van der Waals surface area contributed by atoms with E-state index in [9.17, 15) is 9.59 Å². The molecule has 5 nitrogen and oxygen atoms in total. The number of hydrogen-bond acceptors (Lipinski definition) is 4. The maximum atomic E-state index is 12.1. The topological polar surface area (TPSA) is 55.8 Å². The molecule has 0 aromatic heterocycles. The molecule has 3 rings (SSSR count). The number of fused-ring (bicyclic) bond motifs is 1. The Morgan fingerprint density at radius 1 is 0.885 bits per heavy atom. The number of nitrogens with zero attached hydrogens (tertiary/aromatic N) is 1. The van der Waals surface area contributed by atoms with Crippen molar-refractivity contribution in [3.05, 3.63) is 35.4 Å². The highest BCUT2D eigenvalue weighted by Crippen LogP contribution is 2.44. The normalized spacial score (nSPS) is 19.9. The minimum absolute atomic E-state index is 0.244. The van der Waals surface area contributed by atoms with Crippen LogP contribution in [0.4, 0.5) is 0 Å². The summed E-state index contributed by atoms with van der Waals surface area (Å²) >= 11 is 0. The Hall–Kier alpha value is -2.30. The van der Waals surface area contributed by atoms with E-state index in [0.29, 0.717) is 11.5 Å². The van der Waals surface area contributed by atoms with Gasteiger partial charge in [0.15, 0.2) is 11.5 Å². The van der Waals surface area contributed by atoms with Crippen LogP contribution in [0, 0.1) is 0 Å². The van der Waals surface area contributed by atoms with Crippen molar-refractivity contribution in [1.29, 1.82) is 0 Å². The third-order valence-electron chi connectivity index (χ3n) is 4.24. The summed E-state index contributed by atoms with van der Waals surface area (Å²) in [5, 5.41) is 0. The number of carbonyl (C=O) groups excluding carboxylic acids is 2. The zero-order valence-electron chi connectivity index (χ0n) is 16.4. The summed E-state index contributed by atoms with van der Waals surface area (Å²) in [6.45, 7) is 11.9. The average Bonchev–Trinajstić information content (AvgIpc) is 2.99. The van der Waals surface area contributed by atoms with Crippen LogP contribution in [0.5, 0.6) is 11.5 Å².